The fourth-order valence-electron chi connectivity index (χ4n) is 3.40. The van der Waals surface area contributed by atoms with E-state index in [0.29, 0.717) is 23.1 Å². The largest absolute Gasteiger partial charge is 0.392 e. The molecule has 0 aliphatic carbocycles. The molecule has 0 fully saturated rings. The Morgan fingerprint density at radius 1 is 1.22 bits per heavy atom. The fourth-order valence-corrected chi connectivity index (χ4v) is 3.77. The molecule has 135 valence electrons. The lowest BCUT2D eigenvalue weighted by Crippen LogP contribution is -2.11. The molecule has 0 atom stereocenters. The van der Waals surface area contributed by atoms with Crippen LogP contribution in [0.5, 0.6) is 0 Å². The summed E-state index contributed by atoms with van der Waals surface area (Å²) in [6.07, 6.45) is 0. The Morgan fingerprint density at radius 3 is 2.78 bits per heavy atom. The number of aromatic nitrogens is 1. The van der Waals surface area contributed by atoms with E-state index in [2.05, 4.69) is 22.0 Å². The van der Waals surface area contributed by atoms with Gasteiger partial charge in [-0.1, -0.05) is 22.0 Å². The fraction of sp³-hybridized carbons (Fsp3) is 0.0952. The Hall–Kier alpha value is -2.70. The number of nitrogens with zero attached hydrogens (tertiary/aromatic N) is 1. The van der Waals surface area contributed by atoms with Crippen molar-refractivity contribution in [3.63, 3.8) is 0 Å². The van der Waals surface area contributed by atoms with E-state index in [0.717, 1.165) is 26.5 Å². The van der Waals surface area contributed by atoms with Crippen LogP contribution in [-0.2, 0) is 13.2 Å². The van der Waals surface area contributed by atoms with Crippen molar-refractivity contribution in [3.05, 3.63) is 81.6 Å². The predicted octanol–water partition coefficient (Wildman–Crippen LogP) is 4.14. The van der Waals surface area contributed by atoms with Gasteiger partial charge < -0.3 is 15.4 Å². The summed E-state index contributed by atoms with van der Waals surface area (Å²) in [5.41, 5.74) is 9.02. The van der Waals surface area contributed by atoms with E-state index in [4.69, 9.17) is 5.73 Å². The van der Waals surface area contributed by atoms with Gasteiger partial charge in [0.05, 0.1) is 17.6 Å². The molecule has 1 aromatic heterocycles. The molecular weight excluding hydrogens is 411 g/mol. The Kier molecular flexibility index (Phi) is 4.45. The smallest absolute Gasteiger partial charge is 0.249 e. The lowest BCUT2D eigenvalue weighted by Gasteiger charge is -2.10. The highest BCUT2D eigenvalue weighted by Gasteiger charge is 2.17. The maximum absolute atomic E-state index is 13.8. The monoisotopic (exact) mass is 425 g/mol. The Bertz CT molecular complexity index is 1200. The van der Waals surface area contributed by atoms with Crippen LogP contribution in [0.15, 0.2) is 53.0 Å². The molecule has 1 radical (unpaired) electrons. The van der Waals surface area contributed by atoms with Crippen LogP contribution in [0.1, 0.15) is 21.5 Å². The molecule has 0 aliphatic heterocycles. The molecule has 0 saturated carbocycles. The second-order valence-corrected chi connectivity index (χ2v) is 7.17. The molecular formula is C21H15BrFN2O2. The van der Waals surface area contributed by atoms with E-state index >= 15 is 0 Å². The summed E-state index contributed by atoms with van der Waals surface area (Å²) in [5.74, 6) is -0.847. The first-order chi connectivity index (χ1) is 13.0. The summed E-state index contributed by atoms with van der Waals surface area (Å²) in [7, 11) is 0. The molecule has 27 heavy (non-hydrogen) atoms. The van der Waals surface area contributed by atoms with Gasteiger partial charge in [0.25, 0.3) is 0 Å². The first-order valence-electron chi connectivity index (χ1n) is 8.29. The van der Waals surface area contributed by atoms with E-state index in [-0.39, 0.29) is 12.4 Å². The van der Waals surface area contributed by atoms with Crippen LogP contribution < -0.4 is 5.73 Å². The molecule has 0 unspecified atom stereocenters. The minimum atomic E-state index is -0.522. The van der Waals surface area contributed by atoms with Crippen LogP contribution in [-0.4, -0.2) is 15.6 Å². The highest BCUT2D eigenvalue weighted by atomic mass is 79.9. The van der Waals surface area contributed by atoms with Crippen molar-refractivity contribution in [1.29, 1.82) is 0 Å². The van der Waals surface area contributed by atoms with Crippen molar-refractivity contribution in [1.82, 2.24) is 4.57 Å². The number of halogens is 2. The summed E-state index contributed by atoms with van der Waals surface area (Å²) in [4.78, 5) is 12.0. The zero-order valence-electron chi connectivity index (χ0n) is 14.2. The molecule has 0 aliphatic rings. The lowest BCUT2D eigenvalue weighted by atomic mass is 10.0. The van der Waals surface area contributed by atoms with Crippen LogP contribution in [0.25, 0.3) is 21.8 Å². The van der Waals surface area contributed by atoms with Gasteiger partial charge in [-0.15, -0.1) is 0 Å². The third-order valence-corrected chi connectivity index (χ3v) is 5.41. The zero-order chi connectivity index (χ0) is 19.1. The maximum Gasteiger partial charge on any atom is 0.249 e. The first kappa shape index (κ1) is 17.7. The predicted molar refractivity (Wildman–Crippen MR) is 106 cm³/mol. The number of aliphatic hydroxyl groups excluding tert-OH is 1. The highest BCUT2D eigenvalue weighted by molar-refractivity contribution is 9.10. The van der Waals surface area contributed by atoms with Crippen LogP contribution in [0.4, 0.5) is 4.39 Å². The first-order valence-corrected chi connectivity index (χ1v) is 9.09. The number of hydrogen-bond acceptors (Lipinski definition) is 2. The molecule has 1 heterocycles. The SMILES string of the molecule is NC(=O)c1cccc2c1c1[c]cc(CO)cc1n2Cc1cc(F)ccc1Br. The third kappa shape index (κ3) is 3.01. The number of amides is 1. The molecule has 3 N–H and O–H groups in total. The van der Waals surface area contributed by atoms with Gasteiger partial charge in [0.2, 0.25) is 5.91 Å². The molecule has 6 heteroatoms. The van der Waals surface area contributed by atoms with E-state index in [1.165, 1.54) is 12.1 Å². The highest BCUT2D eigenvalue weighted by Crippen LogP contribution is 2.33. The number of carbonyl (C=O) groups is 1. The minimum Gasteiger partial charge on any atom is -0.392 e. The summed E-state index contributed by atoms with van der Waals surface area (Å²) < 4.78 is 16.5. The van der Waals surface area contributed by atoms with Gasteiger partial charge in [0, 0.05) is 27.4 Å². The third-order valence-electron chi connectivity index (χ3n) is 4.64. The van der Waals surface area contributed by atoms with Gasteiger partial charge in [-0.3, -0.25) is 4.79 Å². The summed E-state index contributed by atoms with van der Waals surface area (Å²) in [6, 6.07) is 16.6. The van der Waals surface area contributed by atoms with Crippen molar-refractivity contribution in [2.24, 2.45) is 5.73 Å². The second-order valence-electron chi connectivity index (χ2n) is 6.31. The average Bonchev–Trinajstić information content (AvgIpc) is 2.97. The summed E-state index contributed by atoms with van der Waals surface area (Å²) in [5, 5.41) is 11.0. The van der Waals surface area contributed by atoms with E-state index < -0.39 is 5.91 Å². The molecule has 4 nitrogen and oxygen atoms in total. The standard InChI is InChI=1S/C21H15BrFN2O2/c22-17-7-5-14(23)9-13(17)10-25-18-3-1-2-16(21(24)27)20(18)15-6-4-12(11-26)8-19(15)25/h1-5,7-9,26H,10-11H2,(H2,24,27). The lowest BCUT2D eigenvalue weighted by molar-refractivity contribution is 0.100. The molecule has 1 amide bonds. The quantitative estimate of drug-likeness (QED) is 0.515. The molecule has 3 aromatic carbocycles. The maximum atomic E-state index is 13.8. The number of carbonyl (C=O) groups excluding carboxylic acids is 1. The van der Waals surface area contributed by atoms with Crippen molar-refractivity contribution in [2.75, 3.05) is 0 Å². The number of aliphatic hydroxyl groups is 1. The van der Waals surface area contributed by atoms with Crippen LogP contribution in [0, 0.1) is 11.9 Å². The molecule has 4 aromatic rings. The average molecular weight is 426 g/mol. The van der Waals surface area contributed by atoms with E-state index in [1.807, 2.05) is 16.7 Å². The molecule has 0 spiro atoms. The second kappa shape index (κ2) is 6.79. The summed E-state index contributed by atoms with van der Waals surface area (Å²) in [6.45, 7) is 0.254. The zero-order valence-corrected chi connectivity index (χ0v) is 15.8. The molecule has 0 bridgehead atoms. The number of rotatable bonds is 4. The number of nitrogens with two attached hydrogens (primary N) is 1. The summed E-state index contributed by atoms with van der Waals surface area (Å²) >= 11 is 3.47. The van der Waals surface area contributed by atoms with Gasteiger partial charge in [0.15, 0.2) is 0 Å². The Balaban J connectivity index is 2.06. The number of fused-ring (bicyclic) bond motifs is 3. The van der Waals surface area contributed by atoms with Crippen LogP contribution in [0.2, 0.25) is 0 Å². The van der Waals surface area contributed by atoms with Crippen molar-refractivity contribution < 1.29 is 14.3 Å². The van der Waals surface area contributed by atoms with Gasteiger partial charge in [-0.2, -0.15) is 0 Å². The van der Waals surface area contributed by atoms with Gasteiger partial charge in [-0.25, -0.2) is 4.39 Å². The topological polar surface area (TPSA) is 68.2 Å². The number of primary amides is 1. The van der Waals surface area contributed by atoms with Gasteiger partial charge >= 0.3 is 0 Å². The number of benzene rings is 3. The van der Waals surface area contributed by atoms with Crippen molar-refractivity contribution in [3.8, 4) is 0 Å². The van der Waals surface area contributed by atoms with Crippen molar-refractivity contribution in [2.45, 2.75) is 13.2 Å². The van der Waals surface area contributed by atoms with Gasteiger partial charge in [0.1, 0.15) is 5.82 Å². The Labute approximate surface area is 163 Å². The Morgan fingerprint density at radius 2 is 2.04 bits per heavy atom. The normalized spacial score (nSPS) is 11.4. The van der Waals surface area contributed by atoms with E-state index in [1.54, 1.807) is 24.3 Å². The number of hydrogen-bond donors (Lipinski definition) is 2. The van der Waals surface area contributed by atoms with Crippen LogP contribution >= 0.6 is 15.9 Å². The minimum absolute atomic E-state index is 0.125. The van der Waals surface area contributed by atoms with Gasteiger partial charge in [-0.05, 0) is 59.7 Å². The van der Waals surface area contributed by atoms with Crippen molar-refractivity contribution >= 4 is 43.6 Å². The van der Waals surface area contributed by atoms with E-state index in [9.17, 15) is 14.3 Å². The molecule has 4 rings (SSSR count). The molecule has 0 saturated heterocycles. The van der Waals surface area contributed by atoms with Crippen LogP contribution in [0.3, 0.4) is 0 Å².